The number of aryl methyl sites for hydroxylation is 1. The Morgan fingerprint density at radius 1 is 1.29 bits per heavy atom. The lowest BCUT2D eigenvalue weighted by molar-refractivity contribution is -0.137. The third-order valence-electron chi connectivity index (χ3n) is 2.92. The van der Waals surface area contributed by atoms with E-state index < -0.39 is 11.7 Å². The Balaban J connectivity index is 2.62. The third kappa shape index (κ3) is 3.20. The molecule has 4 nitrogen and oxygen atoms in total. The molecule has 0 aliphatic rings. The van der Waals surface area contributed by atoms with Crippen molar-refractivity contribution >= 4 is 21.7 Å². The lowest BCUT2D eigenvalue weighted by Gasteiger charge is -2.12. The predicted molar refractivity (Wildman–Crippen MR) is 77.7 cm³/mol. The molecular formula is C13H14BrF3N4. The van der Waals surface area contributed by atoms with Gasteiger partial charge in [-0.2, -0.15) is 18.3 Å². The number of aromatic nitrogens is 3. The van der Waals surface area contributed by atoms with Crippen LogP contribution in [0.1, 0.15) is 23.9 Å². The zero-order valence-electron chi connectivity index (χ0n) is 11.7. The number of halogens is 4. The first-order valence-corrected chi connectivity index (χ1v) is 7.08. The molecule has 0 spiro atoms. The first-order chi connectivity index (χ1) is 9.74. The fraction of sp³-hybridized carbons (Fsp3) is 0.385. The van der Waals surface area contributed by atoms with Gasteiger partial charge in [0, 0.05) is 6.54 Å². The zero-order chi connectivity index (χ0) is 15.8. The van der Waals surface area contributed by atoms with E-state index >= 15 is 0 Å². The summed E-state index contributed by atoms with van der Waals surface area (Å²) in [4.78, 5) is 4.19. The van der Waals surface area contributed by atoms with Crippen LogP contribution in [0.25, 0.3) is 5.82 Å². The molecule has 1 N–H and O–H groups in total. The van der Waals surface area contributed by atoms with E-state index in [2.05, 4.69) is 31.3 Å². The molecule has 0 saturated heterocycles. The number of nitrogens with zero attached hydrogens (tertiary/aromatic N) is 3. The number of anilines is 1. The van der Waals surface area contributed by atoms with Crippen molar-refractivity contribution in [3.63, 3.8) is 0 Å². The highest BCUT2D eigenvalue weighted by Gasteiger charge is 2.32. The van der Waals surface area contributed by atoms with E-state index in [0.717, 1.165) is 16.6 Å². The maximum absolute atomic E-state index is 13.0. The number of alkyl halides is 3. The van der Waals surface area contributed by atoms with Gasteiger partial charge in [-0.3, -0.25) is 0 Å². The molecule has 21 heavy (non-hydrogen) atoms. The van der Waals surface area contributed by atoms with Gasteiger partial charge in [-0.05, 0) is 48.8 Å². The minimum absolute atomic E-state index is 0.132. The van der Waals surface area contributed by atoms with Crippen molar-refractivity contribution < 1.29 is 13.2 Å². The molecule has 0 fully saturated rings. The molecule has 2 rings (SSSR count). The van der Waals surface area contributed by atoms with Gasteiger partial charge in [-0.25, -0.2) is 9.67 Å². The molecule has 0 unspecified atom stereocenters. The van der Waals surface area contributed by atoms with Gasteiger partial charge >= 0.3 is 6.18 Å². The summed E-state index contributed by atoms with van der Waals surface area (Å²) in [5, 5.41) is 7.02. The second-order valence-corrected chi connectivity index (χ2v) is 5.32. The summed E-state index contributed by atoms with van der Waals surface area (Å²) in [5.41, 5.74) is 0.630. The van der Waals surface area contributed by atoms with E-state index in [4.69, 9.17) is 0 Å². The molecule has 0 bridgehead atoms. The van der Waals surface area contributed by atoms with Crippen molar-refractivity contribution in [2.45, 2.75) is 26.9 Å². The molecule has 2 aromatic rings. The monoisotopic (exact) mass is 362 g/mol. The highest BCUT2D eigenvalue weighted by Crippen LogP contribution is 2.32. The van der Waals surface area contributed by atoms with Gasteiger partial charge in [0.15, 0.2) is 5.82 Å². The van der Waals surface area contributed by atoms with Crippen LogP contribution >= 0.6 is 15.9 Å². The second kappa shape index (κ2) is 5.67. The molecular weight excluding hydrogens is 349 g/mol. The Kier molecular flexibility index (Phi) is 4.27. The largest absolute Gasteiger partial charge is 0.416 e. The molecule has 0 aromatic carbocycles. The Labute approximate surface area is 128 Å². The van der Waals surface area contributed by atoms with Crippen molar-refractivity contribution in [2.24, 2.45) is 0 Å². The van der Waals surface area contributed by atoms with Crippen LogP contribution in [0, 0.1) is 13.8 Å². The van der Waals surface area contributed by atoms with Crippen molar-refractivity contribution in [1.29, 1.82) is 0 Å². The average Bonchev–Trinajstić information content (AvgIpc) is 2.66. The Bertz CT molecular complexity index is 664. The van der Waals surface area contributed by atoms with E-state index in [1.807, 2.05) is 0 Å². The predicted octanol–water partition coefficient (Wildman–Crippen LogP) is 4.10. The molecule has 0 atom stereocenters. The first-order valence-electron chi connectivity index (χ1n) is 6.29. The second-order valence-electron chi connectivity index (χ2n) is 4.52. The van der Waals surface area contributed by atoms with Gasteiger partial charge < -0.3 is 5.32 Å². The van der Waals surface area contributed by atoms with Crippen LogP contribution in [0.4, 0.5) is 19.0 Å². The number of hydrogen-bond acceptors (Lipinski definition) is 3. The molecule has 2 heterocycles. The fourth-order valence-electron chi connectivity index (χ4n) is 1.91. The topological polar surface area (TPSA) is 42.7 Å². The standard InChI is InChI=1S/C13H14BrF3N4/c1-4-18-10-5-9(13(15,16)17)6-11(19-10)21-8(3)12(14)7(2)20-21/h5-6H,4H2,1-3H3,(H,18,19). The van der Waals surface area contributed by atoms with Crippen LogP contribution < -0.4 is 5.32 Å². The molecule has 114 valence electrons. The summed E-state index contributed by atoms with van der Waals surface area (Å²) in [6.07, 6.45) is -4.44. The Morgan fingerprint density at radius 3 is 2.43 bits per heavy atom. The van der Waals surface area contributed by atoms with Gasteiger partial charge in [0.2, 0.25) is 0 Å². The van der Waals surface area contributed by atoms with Gasteiger partial charge in [-0.15, -0.1) is 0 Å². The van der Waals surface area contributed by atoms with E-state index in [-0.39, 0.29) is 11.6 Å². The maximum atomic E-state index is 13.0. The molecule has 2 aromatic heterocycles. The number of nitrogens with one attached hydrogen (secondary N) is 1. The van der Waals surface area contributed by atoms with Crippen LogP contribution in [-0.2, 0) is 6.18 Å². The summed E-state index contributed by atoms with van der Waals surface area (Å²) in [7, 11) is 0. The lowest BCUT2D eigenvalue weighted by Crippen LogP contribution is -2.12. The fourth-order valence-corrected chi connectivity index (χ4v) is 2.15. The minimum Gasteiger partial charge on any atom is -0.370 e. The molecule has 0 aliphatic carbocycles. The van der Waals surface area contributed by atoms with Gasteiger partial charge in [0.05, 0.1) is 21.4 Å². The molecule has 0 aliphatic heterocycles. The van der Waals surface area contributed by atoms with Crippen molar-refractivity contribution in [3.8, 4) is 5.82 Å². The lowest BCUT2D eigenvalue weighted by atomic mass is 10.2. The van der Waals surface area contributed by atoms with E-state index in [1.165, 1.54) is 4.68 Å². The van der Waals surface area contributed by atoms with E-state index in [9.17, 15) is 13.2 Å². The van der Waals surface area contributed by atoms with Crippen LogP contribution in [-0.4, -0.2) is 21.3 Å². The molecule has 0 radical (unpaired) electrons. The van der Waals surface area contributed by atoms with Crippen molar-refractivity contribution in [3.05, 3.63) is 33.6 Å². The van der Waals surface area contributed by atoms with Gasteiger partial charge in [-0.1, -0.05) is 0 Å². The molecule has 0 saturated carbocycles. The number of hydrogen-bond donors (Lipinski definition) is 1. The first kappa shape index (κ1) is 15.8. The Hall–Kier alpha value is -1.57. The summed E-state index contributed by atoms with van der Waals surface area (Å²) >= 11 is 3.36. The van der Waals surface area contributed by atoms with E-state index in [1.54, 1.807) is 20.8 Å². The van der Waals surface area contributed by atoms with Crippen LogP contribution in [0.15, 0.2) is 16.6 Å². The van der Waals surface area contributed by atoms with Crippen LogP contribution in [0.5, 0.6) is 0 Å². The van der Waals surface area contributed by atoms with Gasteiger partial charge in [0.1, 0.15) is 5.82 Å². The zero-order valence-corrected chi connectivity index (χ0v) is 13.3. The SMILES string of the molecule is CCNc1cc(C(F)(F)F)cc(-n2nc(C)c(Br)c2C)n1. The molecule has 0 amide bonds. The van der Waals surface area contributed by atoms with Crippen LogP contribution in [0.2, 0.25) is 0 Å². The Morgan fingerprint density at radius 2 is 1.95 bits per heavy atom. The number of rotatable bonds is 3. The maximum Gasteiger partial charge on any atom is 0.416 e. The minimum atomic E-state index is -4.44. The summed E-state index contributed by atoms with van der Waals surface area (Å²) in [6, 6.07) is 1.99. The summed E-state index contributed by atoms with van der Waals surface area (Å²) < 4.78 is 41.1. The van der Waals surface area contributed by atoms with E-state index in [0.29, 0.717) is 17.9 Å². The highest BCUT2D eigenvalue weighted by atomic mass is 79.9. The average molecular weight is 363 g/mol. The quantitative estimate of drug-likeness (QED) is 0.893. The number of pyridine rings is 1. The summed E-state index contributed by atoms with van der Waals surface area (Å²) in [5.74, 6) is 0.304. The normalized spacial score (nSPS) is 11.8. The smallest absolute Gasteiger partial charge is 0.370 e. The van der Waals surface area contributed by atoms with Crippen LogP contribution in [0.3, 0.4) is 0 Å². The molecule has 8 heteroatoms. The summed E-state index contributed by atoms with van der Waals surface area (Å²) in [6.45, 7) is 5.81. The van der Waals surface area contributed by atoms with Gasteiger partial charge in [0.25, 0.3) is 0 Å². The van der Waals surface area contributed by atoms with Crippen molar-refractivity contribution in [1.82, 2.24) is 14.8 Å². The van der Waals surface area contributed by atoms with Crippen molar-refractivity contribution in [2.75, 3.05) is 11.9 Å². The highest BCUT2D eigenvalue weighted by molar-refractivity contribution is 9.10. The third-order valence-corrected chi connectivity index (χ3v) is 4.06.